The van der Waals surface area contributed by atoms with Crippen molar-refractivity contribution in [1.29, 1.82) is 0 Å². The van der Waals surface area contributed by atoms with Crippen molar-refractivity contribution in [3.8, 4) is 0 Å². The van der Waals surface area contributed by atoms with Gasteiger partial charge >= 0.3 is 41.7 Å². The van der Waals surface area contributed by atoms with Gasteiger partial charge in [0.15, 0.2) is 0 Å². The Hall–Kier alpha value is -0.230. The van der Waals surface area contributed by atoms with Crippen molar-refractivity contribution in [3.63, 3.8) is 0 Å². The third kappa shape index (κ3) is 3.68. The predicted molar refractivity (Wildman–Crippen MR) is 50.6 cm³/mol. The Morgan fingerprint density at radius 1 is 1.33 bits per heavy atom. The molecule has 0 radical (unpaired) electrons. The van der Waals surface area contributed by atoms with Crippen LogP contribution in [0.3, 0.4) is 0 Å². The van der Waals surface area contributed by atoms with Crippen LogP contribution in [0.2, 0.25) is 5.02 Å². The Labute approximate surface area is 110 Å². The fourth-order valence-electron chi connectivity index (χ4n) is 0.865. The van der Waals surface area contributed by atoms with Gasteiger partial charge in [-0.1, -0.05) is 11.6 Å². The zero-order valence-electron chi connectivity index (χ0n) is 6.60. The molecule has 0 saturated heterocycles. The van der Waals surface area contributed by atoms with Crippen LogP contribution in [0.15, 0.2) is 18.2 Å². The van der Waals surface area contributed by atoms with Crippen molar-refractivity contribution >= 4 is 47.1 Å². The Morgan fingerprint density at radius 2 is 1.87 bits per heavy atom. The van der Waals surface area contributed by atoms with Gasteiger partial charge in [-0.3, -0.25) is 0 Å². The average Bonchev–Trinajstić information content (AvgIpc) is 2.01. The second kappa shape index (κ2) is 5.21. The molecule has 0 heterocycles. The van der Waals surface area contributed by atoms with Crippen LogP contribution >= 0.6 is 11.6 Å². The summed E-state index contributed by atoms with van der Waals surface area (Å²) in [6.07, 6.45) is -4.51. The molecule has 0 atom stereocenters. The number of aromatic carboxylic acids is 1. The van der Waals surface area contributed by atoms with Gasteiger partial charge < -0.3 is 5.11 Å². The molecule has 0 bridgehead atoms. The standard InChI is InChI=1S/C8H4ClF3O2.Na.H/c9-6-3-4(8(10,11)12)1-2-5(6)7(13)14;;/h1-3H,(H,13,14);;. The molecule has 7 heteroatoms. The summed E-state index contributed by atoms with van der Waals surface area (Å²) in [6, 6.07) is 2.09. The van der Waals surface area contributed by atoms with Crippen LogP contribution in [0, 0.1) is 0 Å². The van der Waals surface area contributed by atoms with Gasteiger partial charge in [0.1, 0.15) is 0 Å². The Bertz CT molecular complexity index is 379. The molecule has 15 heavy (non-hydrogen) atoms. The summed E-state index contributed by atoms with van der Waals surface area (Å²) in [5.41, 5.74) is -1.31. The zero-order valence-corrected chi connectivity index (χ0v) is 7.36. The minimum atomic E-state index is -4.51. The van der Waals surface area contributed by atoms with E-state index in [-0.39, 0.29) is 35.1 Å². The molecule has 0 amide bonds. The SMILES string of the molecule is O=C(O)c1ccc(C(F)(F)F)cc1Cl.[NaH]. The van der Waals surface area contributed by atoms with Crippen molar-refractivity contribution in [3.05, 3.63) is 34.3 Å². The number of carboxylic acids is 1. The molecule has 1 N–H and O–H groups in total. The van der Waals surface area contributed by atoms with E-state index in [9.17, 15) is 18.0 Å². The van der Waals surface area contributed by atoms with Crippen LogP contribution in [0.25, 0.3) is 0 Å². The molecule has 0 fully saturated rings. The first-order chi connectivity index (χ1) is 6.32. The van der Waals surface area contributed by atoms with Crippen LogP contribution < -0.4 is 0 Å². The van der Waals surface area contributed by atoms with Crippen molar-refractivity contribution in [1.82, 2.24) is 0 Å². The van der Waals surface area contributed by atoms with Crippen molar-refractivity contribution in [2.75, 3.05) is 0 Å². The Balaban J connectivity index is 0.00000196. The average molecular weight is 249 g/mol. The zero-order chi connectivity index (χ0) is 10.9. The van der Waals surface area contributed by atoms with Crippen molar-refractivity contribution in [2.45, 2.75) is 6.18 Å². The van der Waals surface area contributed by atoms with Gasteiger partial charge in [-0.05, 0) is 18.2 Å². The number of hydrogen-bond donors (Lipinski definition) is 1. The summed E-state index contributed by atoms with van der Waals surface area (Å²) >= 11 is 5.35. The summed E-state index contributed by atoms with van der Waals surface area (Å²) in [5, 5.41) is 8.07. The molecule has 1 aromatic carbocycles. The van der Waals surface area contributed by atoms with Gasteiger partial charge in [0.25, 0.3) is 0 Å². The van der Waals surface area contributed by atoms with E-state index in [1.165, 1.54) is 0 Å². The number of carboxylic acid groups (broad SMARTS) is 1. The third-order valence-electron chi connectivity index (χ3n) is 1.53. The summed E-state index contributed by atoms with van der Waals surface area (Å²) < 4.78 is 36.3. The maximum absolute atomic E-state index is 12.1. The number of benzene rings is 1. The van der Waals surface area contributed by atoms with Crippen molar-refractivity contribution in [2.24, 2.45) is 0 Å². The Kier molecular flexibility index (Phi) is 5.13. The van der Waals surface area contributed by atoms with Gasteiger partial charge in [0, 0.05) is 0 Å². The van der Waals surface area contributed by atoms with Crippen LogP contribution in [0.5, 0.6) is 0 Å². The normalized spacial score (nSPS) is 10.7. The number of rotatable bonds is 1. The monoisotopic (exact) mass is 248 g/mol. The fourth-order valence-corrected chi connectivity index (χ4v) is 1.13. The van der Waals surface area contributed by atoms with E-state index < -0.39 is 22.7 Å². The van der Waals surface area contributed by atoms with Crippen LogP contribution in [0.4, 0.5) is 13.2 Å². The van der Waals surface area contributed by atoms with E-state index in [0.717, 1.165) is 6.07 Å². The van der Waals surface area contributed by atoms with Crippen LogP contribution in [-0.4, -0.2) is 40.6 Å². The van der Waals surface area contributed by atoms with E-state index in [0.29, 0.717) is 12.1 Å². The first-order valence-corrected chi connectivity index (χ1v) is 3.80. The molecule has 0 aliphatic rings. The molecule has 1 aromatic rings. The minimum absolute atomic E-state index is 0. The van der Waals surface area contributed by atoms with E-state index in [1.54, 1.807) is 0 Å². The number of hydrogen-bond acceptors (Lipinski definition) is 1. The molecular weight excluding hydrogens is 244 g/mol. The van der Waals surface area contributed by atoms with Gasteiger partial charge in [0.05, 0.1) is 16.1 Å². The van der Waals surface area contributed by atoms with Gasteiger partial charge in [-0.2, -0.15) is 13.2 Å². The maximum atomic E-state index is 12.1. The van der Waals surface area contributed by atoms with E-state index in [2.05, 4.69) is 0 Å². The van der Waals surface area contributed by atoms with E-state index in [1.807, 2.05) is 0 Å². The second-order valence-corrected chi connectivity index (χ2v) is 2.90. The first kappa shape index (κ1) is 14.8. The summed E-state index contributed by atoms with van der Waals surface area (Å²) in [5.74, 6) is -1.36. The molecule has 0 aliphatic carbocycles. The van der Waals surface area contributed by atoms with E-state index >= 15 is 0 Å². The summed E-state index contributed by atoms with van der Waals surface area (Å²) in [4.78, 5) is 10.4. The predicted octanol–water partition coefficient (Wildman–Crippen LogP) is 2.41. The van der Waals surface area contributed by atoms with Crippen molar-refractivity contribution < 1.29 is 23.1 Å². The van der Waals surface area contributed by atoms with Crippen LogP contribution in [-0.2, 0) is 6.18 Å². The van der Waals surface area contributed by atoms with Crippen LogP contribution in [0.1, 0.15) is 15.9 Å². The van der Waals surface area contributed by atoms with Gasteiger partial charge in [0.2, 0.25) is 0 Å². The molecule has 0 spiro atoms. The second-order valence-electron chi connectivity index (χ2n) is 2.50. The third-order valence-corrected chi connectivity index (χ3v) is 1.84. The topological polar surface area (TPSA) is 37.3 Å². The first-order valence-electron chi connectivity index (χ1n) is 3.42. The quantitative estimate of drug-likeness (QED) is 0.775. The molecule has 0 saturated carbocycles. The molecule has 0 aromatic heterocycles. The summed E-state index contributed by atoms with van der Waals surface area (Å²) in [7, 11) is 0. The summed E-state index contributed by atoms with van der Waals surface area (Å²) in [6.45, 7) is 0. The molecule has 0 aliphatic heterocycles. The molecule has 78 valence electrons. The number of halogens is 4. The number of alkyl halides is 3. The molecule has 2 nitrogen and oxygen atoms in total. The fraction of sp³-hybridized carbons (Fsp3) is 0.125. The Morgan fingerprint density at radius 3 is 2.20 bits per heavy atom. The molecule has 0 unspecified atom stereocenters. The molecular formula is C8H5ClF3NaO2. The number of carbonyl (C=O) groups is 1. The van der Waals surface area contributed by atoms with E-state index in [4.69, 9.17) is 16.7 Å². The van der Waals surface area contributed by atoms with Gasteiger partial charge in [-0.15, -0.1) is 0 Å². The molecule has 1 rings (SSSR count). The van der Waals surface area contributed by atoms with Gasteiger partial charge in [-0.25, -0.2) is 4.79 Å².